The van der Waals surface area contributed by atoms with Crippen LogP contribution in [0.4, 0.5) is 11.6 Å². The lowest BCUT2D eigenvalue weighted by molar-refractivity contribution is -0.384. The Hall–Kier alpha value is -2.97. The Labute approximate surface area is 114 Å². The van der Waals surface area contributed by atoms with Gasteiger partial charge in [0, 0.05) is 18.6 Å². The van der Waals surface area contributed by atoms with Crippen LogP contribution >= 0.6 is 0 Å². The molecule has 0 saturated carbocycles. The van der Waals surface area contributed by atoms with Gasteiger partial charge in [0.15, 0.2) is 5.82 Å². The molecule has 0 fully saturated rings. The van der Waals surface area contributed by atoms with E-state index in [0.717, 1.165) is 0 Å². The number of nitrogens with zero attached hydrogens (tertiary/aromatic N) is 5. The molecule has 0 unspecified atom stereocenters. The number of benzene rings is 1. The van der Waals surface area contributed by atoms with Gasteiger partial charge in [0.1, 0.15) is 0 Å². The number of nitro groups is 1. The number of nitro benzene ring substituents is 1. The predicted molar refractivity (Wildman–Crippen MR) is 73.9 cm³/mol. The maximum Gasteiger partial charge on any atom is 0.269 e. The highest BCUT2D eigenvalue weighted by molar-refractivity contribution is 5.80. The number of nitrogen functional groups attached to an aromatic ring is 1. The van der Waals surface area contributed by atoms with E-state index in [9.17, 15) is 10.1 Å². The summed E-state index contributed by atoms with van der Waals surface area (Å²) < 4.78 is 1.31. The normalized spacial score (nSPS) is 10.8. The Kier molecular flexibility index (Phi) is 3.89. The van der Waals surface area contributed by atoms with Gasteiger partial charge in [-0.1, -0.05) is 6.92 Å². The van der Waals surface area contributed by atoms with E-state index in [1.807, 2.05) is 6.92 Å². The summed E-state index contributed by atoms with van der Waals surface area (Å²) in [7, 11) is 0. The second-order valence-corrected chi connectivity index (χ2v) is 3.88. The lowest BCUT2D eigenvalue weighted by Gasteiger charge is -2.00. The van der Waals surface area contributed by atoms with Crippen molar-refractivity contribution in [3.8, 4) is 0 Å². The van der Waals surface area contributed by atoms with Crippen molar-refractivity contribution in [3.05, 3.63) is 45.8 Å². The first-order valence-electron chi connectivity index (χ1n) is 5.84. The molecule has 0 aliphatic carbocycles. The van der Waals surface area contributed by atoms with E-state index in [0.29, 0.717) is 23.8 Å². The molecule has 2 aromatic rings. The zero-order chi connectivity index (χ0) is 14.5. The van der Waals surface area contributed by atoms with Gasteiger partial charge in [-0.25, -0.2) is 10.1 Å². The molecule has 3 N–H and O–H groups in total. The number of rotatable bonds is 5. The Morgan fingerprint density at radius 1 is 1.45 bits per heavy atom. The number of nitrogens with one attached hydrogen (secondary N) is 1. The van der Waals surface area contributed by atoms with Crippen LogP contribution in [0.15, 0.2) is 29.4 Å². The van der Waals surface area contributed by atoms with Gasteiger partial charge in [-0.3, -0.25) is 10.1 Å². The number of aromatic nitrogens is 3. The van der Waals surface area contributed by atoms with E-state index in [4.69, 9.17) is 5.84 Å². The molecule has 20 heavy (non-hydrogen) atoms. The average molecular weight is 275 g/mol. The van der Waals surface area contributed by atoms with Gasteiger partial charge in [0.2, 0.25) is 0 Å². The molecular formula is C11H13N7O2. The van der Waals surface area contributed by atoms with Crippen LogP contribution in [0.5, 0.6) is 0 Å². The van der Waals surface area contributed by atoms with E-state index in [1.54, 1.807) is 12.1 Å². The van der Waals surface area contributed by atoms with E-state index >= 15 is 0 Å². The highest BCUT2D eigenvalue weighted by Gasteiger charge is 2.06. The third-order valence-corrected chi connectivity index (χ3v) is 2.56. The lowest BCUT2D eigenvalue weighted by Crippen LogP contribution is -2.14. The number of aryl methyl sites for hydroxylation is 1. The minimum atomic E-state index is -0.456. The monoisotopic (exact) mass is 275 g/mol. The number of hydrogen-bond donors (Lipinski definition) is 2. The van der Waals surface area contributed by atoms with Gasteiger partial charge in [0.25, 0.3) is 11.6 Å². The maximum atomic E-state index is 10.5. The van der Waals surface area contributed by atoms with Crippen LogP contribution in [0, 0.1) is 10.1 Å². The van der Waals surface area contributed by atoms with Crippen LogP contribution in [0.3, 0.4) is 0 Å². The molecule has 0 radical (unpaired) electrons. The minimum absolute atomic E-state index is 0.0319. The molecule has 9 nitrogen and oxygen atoms in total. The second kappa shape index (κ2) is 5.78. The summed E-state index contributed by atoms with van der Waals surface area (Å²) in [6.07, 6.45) is 2.17. The standard InChI is InChI=1S/C11H13N7O2/c1-2-10-14-16-11(17(10)12)15-13-7-8-3-5-9(6-4-8)18(19)20/h3-7H,2,12H2,1H3,(H,15,16). The summed E-state index contributed by atoms with van der Waals surface area (Å²) in [6.45, 7) is 1.91. The summed E-state index contributed by atoms with van der Waals surface area (Å²) in [4.78, 5) is 10.1. The first-order valence-corrected chi connectivity index (χ1v) is 5.84. The molecule has 104 valence electrons. The molecule has 1 aromatic heterocycles. The smallest absolute Gasteiger partial charge is 0.269 e. The number of hydrogen-bond acceptors (Lipinski definition) is 7. The molecule has 1 heterocycles. The summed E-state index contributed by atoms with van der Waals surface area (Å²) in [5.41, 5.74) is 3.40. The van der Waals surface area contributed by atoms with Crippen molar-refractivity contribution in [1.29, 1.82) is 0 Å². The summed E-state index contributed by atoms with van der Waals surface area (Å²) in [5, 5.41) is 22.2. The fraction of sp³-hybridized carbons (Fsp3) is 0.182. The fourth-order valence-corrected chi connectivity index (χ4v) is 1.49. The first-order chi connectivity index (χ1) is 9.61. The molecule has 0 spiro atoms. The predicted octanol–water partition coefficient (Wildman–Crippen LogP) is 0.909. The molecule has 0 aliphatic rings. The fourth-order valence-electron chi connectivity index (χ4n) is 1.49. The van der Waals surface area contributed by atoms with Crippen molar-refractivity contribution >= 4 is 17.9 Å². The molecule has 9 heteroatoms. The van der Waals surface area contributed by atoms with E-state index in [-0.39, 0.29) is 5.69 Å². The van der Waals surface area contributed by atoms with Crippen LogP contribution in [0.25, 0.3) is 0 Å². The Morgan fingerprint density at radius 3 is 2.70 bits per heavy atom. The molecule has 2 rings (SSSR count). The largest absolute Gasteiger partial charge is 0.335 e. The van der Waals surface area contributed by atoms with Gasteiger partial charge in [-0.05, 0) is 17.7 Å². The summed E-state index contributed by atoms with van der Waals surface area (Å²) in [5.74, 6) is 6.68. The van der Waals surface area contributed by atoms with Gasteiger partial charge < -0.3 is 5.84 Å². The molecule has 0 amide bonds. The second-order valence-electron chi connectivity index (χ2n) is 3.88. The van der Waals surface area contributed by atoms with Crippen LogP contribution in [-0.4, -0.2) is 26.0 Å². The SMILES string of the molecule is CCc1nnc(NN=Cc2ccc([N+](=O)[O-])cc2)n1N. The number of non-ortho nitro benzene ring substituents is 1. The summed E-state index contributed by atoms with van der Waals surface area (Å²) in [6, 6.07) is 5.99. The van der Waals surface area contributed by atoms with E-state index < -0.39 is 4.92 Å². The van der Waals surface area contributed by atoms with Crippen molar-refractivity contribution < 1.29 is 4.92 Å². The van der Waals surface area contributed by atoms with Gasteiger partial charge in [0.05, 0.1) is 11.1 Å². The van der Waals surface area contributed by atoms with E-state index in [2.05, 4.69) is 20.7 Å². The molecule has 0 saturated heterocycles. The highest BCUT2D eigenvalue weighted by Crippen LogP contribution is 2.10. The molecule has 0 bridgehead atoms. The van der Waals surface area contributed by atoms with Crippen molar-refractivity contribution in [2.75, 3.05) is 11.3 Å². The van der Waals surface area contributed by atoms with Crippen molar-refractivity contribution in [2.45, 2.75) is 13.3 Å². The minimum Gasteiger partial charge on any atom is -0.335 e. The van der Waals surface area contributed by atoms with Crippen LogP contribution in [-0.2, 0) is 6.42 Å². The lowest BCUT2D eigenvalue weighted by atomic mass is 10.2. The zero-order valence-corrected chi connectivity index (χ0v) is 10.7. The Morgan fingerprint density at radius 2 is 2.15 bits per heavy atom. The first kappa shape index (κ1) is 13.5. The third kappa shape index (κ3) is 2.88. The third-order valence-electron chi connectivity index (χ3n) is 2.56. The van der Waals surface area contributed by atoms with Crippen molar-refractivity contribution in [3.63, 3.8) is 0 Å². The van der Waals surface area contributed by atoms with Crippen molar-refractivity contribution in [1.82, 2.24) is 14.9 Å². The van der Waals surface area contributed by atoms with Gasteiger partial charge in [-0.15, -0.1) is 10.2 Å². The van der Waals surface area contributed by atoms with Crippen LogP contribution < -0.4 is 11.3 Å². The van der Waals surface area contributed by atoms with Gasteiger partial charge >= 0.3 is 0 Å². The maximum absolute atomic E-state index is 10.5. The Bertz CT molecular complexity index is 633. The van der Waals surface area contributed by atoms with Crippen molar-refractivity contribution in [2.24, 2.45) is 5.10 Å². The quantitative estimate of drug-likeness (QED) is 0.361. The zero-order valence-electron chi connectivity index (χ0n) is 10.7. The number of nitrogens with two attached hydrogens (primary N) is 1. The molecule has 1 aromatic carbocycles. The number of anilines is 1. The number of hydrazone groups is 1. The Balaban J connectivity index is 2.02. The highest BCUT2D eigenvalue weighted by atomic mass is 16.6. The van der Waals surface area contributed by atoms with Gasteiger partial charge in [-0.2, -0.15) is 5.10 Å². The molecule has 0 aliphatic heterocycles. The van der Waals surface area contributed by atoms with Crippen LogP contribution in [0.2, 0.25) is 0 Å². The molecule has 0 atom stereocenters. The van der Waals surface area contributed by atoms with Crippen LogP contribution in [0.1, 0.15) is 18.3 Å². The van der Waals surface area contributed by atoms with E-state index in [1.165, 1.54) is 23.0 Å². The topological polar surface area (TPSA) is 124 Å². The molecular weight excluding hydrogens is 262 g/mol. The average Bonchev–Trinajstić information content (AvgIpc) is 2.80. The summed E-state index contributed by atoms with van der Waals surface area (Å²) >= 11 is 0.